The summed E-state index contributed by atoms with van der Waals surface area (Å²) in [6.45, 7) is -0.162. The summed E-state index contributed by atoms with van der Waals surface area (Å²) in [7, 11) is -1.90. The molecule has 1 aliphatic rings. The molecular formula is C21H24Br2N2O4S. The first-order valence-electron chi connectivity index (χ1n) is 9.73. The first kappa shape index (κ1) is 23.2. The zero-order valence-electron chi connectivity index (χ0n) is 16.6. The number of carbonyl (C=O) groups is 1. The number of nitrogens with zero attached hydrogens (tertiary/aromatic N) is 1. The summed E-state index contributed by atoms with van der Waals surface area (Å²) in [5.41, 5.74) is 0.512. The molecule has 0 spiro atoms. The molecular weight excluding hydrogens is 536 g/mol. The van der Waals surface area contributed by atoms with E-state index in [0.717, 1.165) is 34.6 Å². The van der Waals surface area contributed by atoms with Gasteiger partial charge in [0.15, 0.2) is 6.61 Å². The number of halogens is 2. The van der Waals surface area contributed by atoms with E-state index >= 15 is 0 Å². The van der Waals surface area contributed by atoms with Crippen LogP contribution in [-0.4, -0.2) is 38.3 Å². The number of sulfonamides is 1. The third-order valence-electron chi connectivity index (χ3n) is 5.16. The highest BCUT2D eigenvalue weighted by Crippen LogP contribution is 2.29. The van der Waals surface area contributed by atoms with Gasteiger partial charge in [-0.25, -0.2) is 8.42 Å². The summed E-state index contributed by atoms with van der Waals surface area (Å²) in [5.74, 6) is 0.222. The maximum absolute atomic E-state index is 12.9. The van der Waals surface area contributed by atoms with Gasteiger partial charge < -0.3 is 10.1 Å². The average molecular weight is 560 g/mol. The van der Waals surface area contributed by atoms with Crippen molar-refractivity contribution in [3.8, 4) is 5.75 Å². The number of benzene rings is 2. The van der Waals surface area contributed by atoms with Gasteiger partial charge >= 0.3 is 0 Å². The van der Waals surface area contributed by atoms with Gasteiger partial charge in [-0.05, 0) is 71.2 Å². The molecule has 1 N–H and O–H groups in total. The lowest BCUT2D eigenvalue weighted by molar-refractivity contribution is -0.118. The maximum Gasteiger partial charge on any atom is 0.262 e. The summed E-state index contributed by atoms with van der Waals surface area (Å²) in [6, 6.07) is 11.7. The maximum atomic E-state index is 12.9. The molecule has 1 fully saturated rings. The second kappa shape index (κ2) is 10.3. The number of nitrogens with one attached hydrogen (secondary N) is 1. The van der Waals surface area contributed by atoms with E-state index in [-0.39, 0.29) is 23.5 Å². The fourth-order valence-corrected chi connectivity index (χ4v) is 6.03. The van der Waals surface area contributed by atoms with Crippen molar-refractivity contribution >= 4 is 53.5 Å². The molecule has 0 aromatic heterocycles. The molecule has 0 aliphatic heterocycles. The monoisotopic (exact) mass is 558 g/mol. The van der Waals surface area contributed by atoms with Gasteiger partial charge in [-0.2, -0.15) is 4.31 Å². The molecule has 0 bridgehead atoms. The number of carbonyl (C=O) groups excluding carboxylic acids is 1. The van der Waals surface area contributed by atoms with Gasteiger partial charge in [-0.1, -0.05) is 35.2 Å². The molecule has 1 amide bonds. The molecule has 1 aliphatic carbocycles. The number of amides is 1. The predicted octanol–water partition coefficient (Wildman–Crippen LogP) is 5.18. The Morgan fingerprint density at radius 2 is 1.77 bits per heavy atom. The second-order valence-electron chi connectivity index (χ2n) is 7.25. The van der Waals surface area contributed by atoms with E-state index in [1.54, 1.807) is 25.2 Å². The van der Waals surface area contributed by atoms with Crippen LogP contribution in [0.25, 0.3) is 0 Å². The van der Waals surface area contributed by atoms with Gasteiger partial charge in [0.1, 0.15) is 5.75 Å². The van der Waals surface area contributed by atoms with Crippen LogP contribution < -0.4 is 10.1 Å². The lowest BCUT2D eigenvalue weighted by Gasteiger charge is -2.30. The quantitative estimate of drug-likeness (QED) is 0.507. The topological polar surface area (TPSA) is 75.7 Å². The molecule has 162 valence electrons. The van der Waals surface area contributed by atoms with Crippen molar-refractivity contribution in [3.05, 3.63) is 51.4 Å². The summed E-state index contributed by atoms with van der Waals surface area (Å²) in [6.07, 6.45) is 5.10. The van der Waals surface area contributed by atoms with Crippen LogP contribution in [0.15, 0.2) is 56.3 Å². The van der Waals surface area contributed by atoms with Crippen molar-refractivity contribution in [2.45, 2.75) is 43.0 Å². The molecule has 0 saturated heterocycles. The number of hydrogen-bond donors (Lipinski definition) is 1. The summed E-state index contributed by atoms with van der Waals surface area (Å²) in [4.78, 5) is 12.4. The van der Waals surface area contributed by atoms with Crippen molar-refractivity contribution in [3.63, 3.8) is 0 Å². The van der Waals surface area contributed by atoms with E-state index in [1.165, 1.54) is 22.9 Å². The molecule has 3 rings (SSSR count). The van der Waals surface area contributed by atoms with Crippen molar-refractivity contribution in [2.75, 3.05) is 19.0 Å². The van der Waals surface area contributed by atoms with Crippen LogP contribution in [0.4, 0.5) is 5.69 Å². The second-order valence-corrected chi connectivity index (χ2v) is 11.0. The summed E-state index contributed by atoms with van der Waals surface area (Å²) in [5, 5.41) is 2.72. The van der Waals surface area contributed by atoms with Gasteiger partial charge in [-0.3, -0.25) is 4.79 Å². The molecule has 2 aromatic carbocycles. The minimum Gasteiger partial charge on any atom is -0.483 e. The molecule has 30 heavy (non-hydrogen) atoms. The summed E-state index contributed by atoms with van der Waals surface area (Å²) >= 11 is 6.74. The molecule has 0 radical (unpaired) electrons. The molecule has 9 heteroatoms. The number of hydrogen-bond acceptors (Lipinski definition) is 4. The third-order valence-corrected chi connectivity index (χ3v) is 8.19. The van der Waals surface area contributed by atoms with Crippen LogP contribution in [0.2, 0.25) is 0 Å². The normalized spacial score (nSPS) is 15.2. The molecule has 1 saturated carbocycles. The fourth-order valence-electron chi connectivity index (χ4n) is 3.45. The zero-order chi connectivity index (χ0) is 21.7. The van der Waals surface area contributed by atoms with Crippen LogP contribution >= 0.6 is 31.9 Å². The first-order valence-corrected chi connectivity index (χ1v) is 12.8. The van der Waals surface area contributed by atoms with E-state index < -0.39 is 10.0 Å². The van der Waals surface area contributed by atoms with Crippen LogP contribution in [0, 0.1) is 0 Å². The third kappa shape index (κ3) is 5.84. The molecule has 6 nitrogen and oxygen atoms in total. The van der Waals surface area contributed by atoms with Crippen molar-refractivity contribution in [1.82, 2.24) is 4.31 Å². The van der Waals surface area contributed by atoms with E-state index in [2.05, 4.69) is 37.2 Å². The summed E-state index contributed by atoms with van der Waals surface area (Å²) < 4.78 is 34.4. The Hall–Kier alpha value is -1.42. The number of anilines is 1. The average Bonchev–Trinajstić information content (AvgIpc) is 2.73. The number of rotatable bonds is 7. The van der Waals surface area contributed by atoms with Gasteiger partial charge in [0.05, 0.1) is 9.37 Å². The SMILES string of the molecule is CN(C1CCCCC1)S(=O)(=O)c1ccc(NC(=O)COc2ccc(Br)cc2Br)cc1. The minimum absolute atomic E-state index is 0.0539. The van der Waals surface area contributed by atoms with E-state index in [9.17, 15) is 13.2 Å². The Kier molecular flexibility index (Phi) is 7.95. The van der Waals surface area contributed by atoms with Gasteiger partial charge in [0, 0.05) is 23.2 Å². The lowest BCUT2D eigenvalue weighted by Crippen LogP contribution is -2.38. The first-order chi connectivity index (χ1) is 14.3. The van der Waals surface area contributed by atoms with Crippen molar-refractivity contribution < 1.29 is 17.9 Å². The fraction of sp³-hybridized carbons (Fsp3) is 0.381. The Balaban J connectivity index is 1.58. The molecule has 2 aromatic rings. The van der Waals surface area contributed by atoms with Gasteiger partial charge in [-0.15, -0.1) is 0 Å². The Morgan fingerprint density at radius 3 is 2.40 bits per heavy atom. The van der Waals surface area contributed by atoms with Gasteiger partial charge in [0.2, 0.25) is 10.0 Å². The highest BCUT2D eigenvalue weighted by molar-refractivity contribution is 9.11. The smallest absolute Gasteiger partial charge is 0.262 e. The van der Waals surface area contributed by atoms with Gasteiger partial charge in [0.25, 0.3) is 5.91 Å². The molecule has 0 heterocycles. The number of ether oxygens (including phenoxy) is 1. The lowest BCUT2D eigenvalue weighted by atomic mass is 9.96. The van der Waals surface area contributed by atoms with Crippen molar-refractivity contribution in [2.24, 2.45) is 0 Å². The van der Waals surface area contributed by atoms with Crippen LogP contribution in [0.5, 0.6) is 5.75 Å². The van der Waals surface area contributed by atoms with E-state index in [1.807, 2.05) is 12.1 Å². The zero-order valence-corrected chi connectivity index (χ0v) is 20.6. The Bertz CT molecular complexity index is 991. The largest absolute Gasteiger partial charge is 0.483 e. The van der Waals surface area contributed by atoms with Crippen LogP contribution in [0.3, 0.4) is 0 Å². The van der Waals surface area contributed by atoms with E-state index in [0.29, 0.717) is 11.4 Å². The minimum atomic E-state index is -3.55. The molecule has 0 atom stereocenters. The predicted molar refractivity (Wildman–Crippen MR) is 124 cm³/mol. The van der Waals surface area contributed by atoms with Crippen LogP contribution in [-0.2, 0) is 14.8 Å². The Labute approximate surface area is 194 Å². The molecule has 0 unspecified atom stereocenters. The Morgan fingerprint density at radius 1 is 1.10 bits per heavy atom. The highest BCUT2D eigenvalue weighted by Gasteiger charge is 2.28. The standard InChI is InChI=1S/C21H24Br2N2O4S/c1-25(17-5-3-2-4-6-17)30(27,28)18-10-8-16(9-11-18)24-21(26)14-29-20-12-7-15(22)13-19(20)23/h7-13,17H,2-6,14H2,1H3,(H,24,26). The highest BCUT2D eigenvalue weighted by atomic mass is 79.9. The van der Waals surface area contributed by atoms with Crippen molar-refractivity contribution in [1.29, 1.82) is 0 Å². The van der Waals surface area contributed by atoms with E-state index in [4.69, 9.17) is 4.74 Å². The van der Waals surface area contributed by atoms with Crippen LogP contribution in [0.1, 0.15) is 32.1 Å².